The third-order valence-corrected chi connectivity index (χ3v) is 6.09. The number of para-hydroxylation sites is 1. The van der Waals surface area contributed by atoms with Gasteiger partial charge in [-0.15, -0.1) is 0 Å². The summed E-state index contributed by atoms with van der Waals surface area (Å²) in [5.41, 5.74) is 4.43. The second-order valence-electron chi connectivity index (χ2n) is 8.13. The Morgan fingerprint density at radius 1 is 0.800 bits per heavy atom. The highest BCUT2D eigenvalue weighted by Crippen LogP contribution is 2.26. The van der Waals surface area contributed by atoms with E-state index in [4.69, 9.17) is 16.6 Å². The molecule has 0 atom stereocenters. The minimum absolute atomic E-state index is 0.205. The van der Waals surface area contributed by atoms with Gasteiger partial charge in [0.15, 0.2) is 5.65 Å². The molecule has 0 aliphatic rings. The summed E-state index contributed by atoms with van der Waals surface area (Å²) in [7, 11) is 1.89. The highest BCUT2D eigenvalue weighted by Gasteiger charge is 2.19. The third-order valence-electron chi connectivity index (χ3n) is 5.84. The van der Waals surface area contributed by atoms with Crippen LogP contribution >= 0.6 is 11.6 Å². The Bertz CT molecular complexity index is 1710. The molecule has 35 heavy (non-hydrogen) atoms. The summed E-state index contributed by atoms with van der Waals surface area (Å²) in [6.45, 7) is 0. The van der Waals surface area contributed by atoms with Crippen molar-refractivity contribution in [1.29, 1.82) is 0 Å². The second-order valence-corrected chi connectivity index (χ2v) is 8.57. The zero-order chi connectivity index (χ0) is 23.9. The SMILES string of the molecule is Cn1ccc(-c2ccc(-c3nc4c(cnn4-c4ccccc4)c(=O)n3-c3ccc(Cl)cc3)cc2)n1. The molecule has 3 heterocycles. The molecule has 170 valence electrons. The molecule has 0 N–H and O–H groups in total. The van der Waals surface area contributed by atoms with Crippen molar-refractivity contribution in [2.24, 2.45) is 7.05 Å². The zero-order valence-corrected chi connectivity index (χ0v) is 19.5. The summed E-state index contributed by atoms with van der Waals surface area (Å²) >= 11 is 6.12. The molecule has 0 aliphatic heterocycles. The molecule has 0 unspecified atom stereocenters. The third kappa shape index (κ3) is 3.72. The van der Waals surface area contributed by atoms with Gasteiger partial charge in [0, 0.05) is 29.4 Å². The smallest absolute Gasteiger partial charge is 0.269 e. The van der Waals surface area contributed by atoms with E-state index in [1.54, 1.807) is 32.3 Å². The summed E-state index contributed by atoms with van der Waals surface area (Å²) in [5, 5.41) is 9.97. The maximum atomic E-state index is 13.8. The average molecular weight is 479 g/mol. The van der Waals surface area contributed by atoms with Crippen molar-refractivity contribution in [1.82, 2.24) is 29.1 Å². The van der Waals surface area contributed by atoms with Crippen molar-refractivity contribution in [3.8, 4) is 34.0 Å². The van der Waals surface area contributed by atoms with E-state index >= 15 is 0 Å². The van der Waals surface area contributed by atoms with Crippen LogP contribution in [0.15, 0.2) is 102 Å². The summed E-state index contributed by atoms with van der Waals surface area (Å²) in [6, 6.07) is 26.6. The van der Waals surface area contributed by atoms with Crippen LogP contribution in [-0.4, -0.2) is 29.1 Å². The van der Waals surface area contributed by atoms with E-state index in [0.29, 0.717) is 27.6 Å². The van der Waals surface area contributed by atoms with Crippen LogP contribution in [0.1, 0.15) is 0 Å². The molecule has 7 nitrogen and oxygen atoms in total. The van der Waals surface area contributed by atoms with Crippen LogP contribution in [0.5, 0.6) is 0 Å². The van der Waals surface area contributed by atoms with Gasteiger partial charge in [0.1, 0.15) is 11.2 Å². The Kier molecular flexibility index (Phi) is 5.04. The monoisotopic (exact) mass is 478 g/mol. The Morgan fingerprint density at radius 3 is 2.20 bits per heavy atom. The lowest BCUT2D eigenvalue weighted by Gasteiger charge is -2.14. The molecule has 0 aliphatic carbocycles. The maximum Gasteiger partial charge on any atom is 0.269 e. The van der Waals surface area contributed by atoms with E-state index < -0.39 is 0 Å². The lowest BCUT2D eigenvalue weighted by molar-refractivity contribution is 0.771. The van der Waals surface area contributed by atoms with Gasteiger partial charge in [0.25, 0.3) is 5.56 Å². The molecular formula is C27H19ClN6O. The predicted molar refractivity (Wildman–Crippen MR) is 137 cm³/mol. The summed E-state index contributed by atoms with van der Waals surface area (Å²) in [4.78, 5) is 18.7. The molecule has 0 spiro atoms. The van der Waals surface area contributed by atoms with Crippen LogP contribution in [0, 0.1) is 0 Å². The van der Waals surface area contributed by atoms with Gasteiger partial charge >= 0.3 is 0 Å². The number of aromatic nitrogens is 6. The largest absolute Gasteiger partial charge is 0.275 e. The number of nitrogens with zero attached hydrogens (tertiary/aromatic N) is 6. The van der Waals surface area contributed by atoms with Gasteiger partial charge in [-0.2, -0.15) is 10.2 Å². The number of aryl methyl sites for hydroxylation is 1. The first-order chi connectivity index (χ1) is 17.1. The van der Waals surface area contributed by atoms with Gasteiger partial charge in [0.2, 0.25) is 0 Å². The van der Waals surface area contributed by atoms with Crippen LogP contribution in [-0.2, 0) is 7.05 Å². The van der Waals surface area contributed by atoms with Crippen molar-refractivity contribution in [2.45, 2.75) is 0 Å². The molecule has 0 fully saturated rings. The van der Waals surface area contributed by atoms with Crippen molar-refractivity contribution in [3.63, 3.8) is 0 Å². The number of fused-ring (bicyclic) bond motifs is 1. The number of hydrogen-bond acceptors (Lipinski definition) is 4. The van der Waals surface area contributed by atoms with Gasteiger partial charge in [0.05, 0.1) is 23.3 Å². The van der Waals surface area contributed by atoms with E-state index in [9.17, 15) is 4.79 Å². The molecule has 8 heteroatoms. The molecule has 0 saturated heterocycles. The van der Waals surface area contributed by atoms with Crippen LogP contribution < -0.4 is 5.56 Å². The molecule has 3 aromatic heterocycles. The van der Waals surface area contributed by atoms with Gasteiger partial charge in [-0.3, -0.25) is 14.0 Å². The fraction of sp³-hybridized carbons (Fsp3) is 0.0370. The van der Waals surface area contributed by atoms with Gasteiger partial charge in [-0.1, -0.05) is 54.1 Å². The lowest BCUT2D eigenvalue weighted by Crippen LogP contribution is -2.22. The van der Waals surface area contributed by atoms with Gasteiger partial charge in [-0.05, 0) is 42.5 Å². The number of rotatable bonds is 4. The van der Waals surface area contributed by atoms with E-state index in [-0.39, 0.29) is 5.56 Å². The molecule has 3 aromatic carbocycles. The van der Waals surface area contributed by atoms with Crippen LogP contribution in [0.25, 0.3) is 45.1 Å². The summed E-state index contributed by atoms with van der Waals surface area (Å²) in [5.74, 6) is 0.509. The Hall–Kier alpha value is -4.49. The van der Waals surface area contributed by atoms with E-state index in [0.717, 1.165) is 22.5 Å². The van der Waals surface area contributed by atoms with Crippen molar-refractivity contribution < 1.29 is 0 Å². The van der Waals surface area contributed by atoms with Crippen LogP contribution in [0.4, 0.5) is 0 Å². The maximum absolute atomic E-state index is 13.8. The minimum atomic E-state index is -0.205. The molecule has 0 amide bonds. The summed E-state index contributed by atoms with van der Waals surface area (Å²) < 4.78 is 5.06. The van der Waals surface area contributed by atoms with Gasteiger partial charge in [-0.25, -0.2) is 9.67 Å². The highest BCUT2D eigenvalue weighted by atomic mass is 35.5. The van der Waals surface area contributed by atoms with Crippen molar-refractivity contribution in [2.75, 3.05) is 0 Å². The Labute approximate surface area is 205 Å². The molecular weight excluding hydrogens is 460 g/mol. The van der Waals surface area contributed by atoms with E-state index in [1.807, 2.05) is 86.0 Å². The topological polar surface area (TPSA) is 70.5 Å². The van der Waals surface area contributed by atoms with Crippen LogP contribution in [0.2, 0.25) is 5.02 Å². The fourth-order valence-electron chi connectivity index (χ4n) is 4.11. The molecule has 0 saturated carbocycles. The average Bonchev–Trinajstić information content (AvgIpc) is 3.52. The molecule has 6 aromatic rings. The van der Waals surface area contributed by atoms with E-state index in [2.05, 4.69) is 10.2 Å². The summed E-state index contributed by atoms with van der Waals surface area (Å²) in [6.07, 6.45) is 3.47. The first-order valence-corrected chi connectivity index (χ1v) is 11.4. The van der Waals surface area contributed by atoms with Crippen LogP contribution in [0.3, 0.4) is 0 Å². The Balaban J connectivity index is 1.59. The lowest BCUT2D eigenvalue weighted by atomic mass is 10.1. The first-order valence-electron chi connectivity index (χ1n) is 11.0. The number of halogens is 1. The normalized spacial score (nSPS) is 11.3. The standard InChI is InChI=1S/C27H19ClN6O/c1-32-16-15-24(31-32)18-7-9-19(10-8-18)25-30-26-23(17-29-34(26)22-5-3-2-4-6-22)27(35)33(25)21-13-11-20(28)12-14-21/h2-17H,1H3. The zero-order valence-electron chi connectivity index (χ0n) is 18.7. The van der Waals surface area contributed by atoms with Crippen molar-refractivity contribution in [3.05, 3.63) is 113 Å². The second kappa shape index (κ2) is 8.38. The quantitative estimate of drug-likeness (QED) is 0.345. The number of hydrogen-bond donors (Lipinski definition) is 0. The molecule has 6 rings (SSSR count). The number of benzene rings is 3. The van der Waals surface area contributed by atoms with Gasteiger partial charge < -0.3 is 0 Å². The molecule has 0 bridgehead atoms. The van der Waals surface area contributed by atoms with E-state index in [1.165, 1.54) is 0 Å². The van der Waals surface area contributed by atoms with Crippen molar-refractivity contribution >= 4 is 22.6 Å². The highest BCUT2D eigenvalue weighted by molar-refractivity contribution is 6.30. The fourth-order valence-corrected chi connectivity index (χ4v) is 4.23. The minimum Gasteiger partial charge on any atom is -0.275 e. The predicted octanol–water partition coefficient (Wildman–Crippen LogP) is 5.29. The molecule has 0 radical (unpaired) electrons. The Morgan fingerprint density at radius 2 is 1.51 bits per heavy atom. The first kappa shape index (κ1) is 21.1.